The topological polar surface area (TPSA) is 41.9 Å². The van der Waals surface area contributed by atoms with Gasteiger partial charge in [0, 0.05) is 24.7 Å². The van der Waals surface area contributed by atoms with E-state index in [-0.39, 0.29) is 0 Å². The van der Waals surface area contributed by atoms with Crippen LogP contribution >= 0.6 is 0 Å². The van der Waals surface area contributed by atoms with Gasteiger partial charge in [-0.15, -0.1) is 0 Å². The summed E-state index contributed by atoms with van der Waals surface area (Å²) in [4.78, 5) is 2.46. The van der Waals surface area contributed by atoms with Crippen LogP contribution in [0.3, 0.4) is 0 Å². The van der Waals surface area contributed by atoms with E-state index in [9.17, 15) is 5.11 Å². The molecule has 2 aromatic carbocycles. The first-order valence-corrected chi connectivity index (χ1v) is 7.76. The maximum absolute atomic E-state index is 10.1. The van der Waals surface area contributed by atoms with E-state index in [1.54, 1.807) is 6.07 Å². The van der Waals surface area contributed by atoms with E-state index in [4.69, 9.17) is 9.47 Å². The molecule has 1 unspecified atom stereocenters. The number of benzene rings is 2. The summed E-state index contributed by atoms with van der Waals surface area (Å²) in [5, 5.41) is 10.1. The number of nitrogens with zero attached hydrogens (tertiary/aromatic N) is 1. The lowest BCUT2D eigenvalue weighted by Gasteiger charge is -2.41. The normalized spacial score (nSPS) is 21.9. The van der Waals surface area contributed by atoms with Crippen LogP contribution in [0.15, 0.2) is 30.3 Å². The van der Waals surface area contributed by atoms with Gasteiger partial charge in [-0.2, -0.15) is 0 Å². The molecule has 1 N–H and O–H groups in total. The van der Waals surface area contributed by atoms with E-state index >= 15 is 0 Å². The second-order valence-electron chi connectivity index (χ2n) is 6.26. The Bertz CT molecular complexity index is 771. The van der Waals surface area contributed by atoms with E-state index in [2.05, 4.69) is 23.1 Å². The zero-order valence-corrected chi connectivity index (χ0v) is 12.2. The molecular weight excluding hydrogens is 278 g/mol. The molecule has 1 atom stereocenters. The summed E-state index contributed by atoms with van der Waals surface area (Å²) >= 11 is 0. The van der Waals surface area contributed by atoms with Crippen LogP contribution in [0.25, 0.3) is 0 Å². The minimum Gasteiger partial charge on any atom is -0.508 e. The molecule has 3 aliphatic heterocycles. The highest BCUT2D eigenvalue weighted by Gasteiger charge is 2.34. The fraction of sp³-hybridized carbons (Fsp3) is 0.333. The van der Waals surface area contributed by atoms with Crippen molar-refractivity contribution >= 4 is 0 Å². The van der Waals surface area contributed by atoms with Crippen LogP contribution in [0.2, 0.25) is 0 Å². The van der Waals surface area contributed by atoms with Gasteiger partial charge in [0.15, 0.2) is 11.5 Å². The number of aromatic hydroxyl groups is 1. The van der Waals surface area contributed by atoms with Crippen molar-refractivity contribution in [1.29, 1.82) is 0 Å². The molecule has 3 aliphatic rings. The minimum atomic E-state index is 0.323. The number of rotatable bonds is 0. The predicted molar refractivity (Wildman–Crippen MR) is 81.2 cm³/mol. The summed E-state index contributed by atoms with van der Waals surface area (Å²) in [5.41, 5.74) is 5.06. The van der Waals surface area contributed by atoms with Crippen LogP contribution in [0.5, 0.6) is 17.2 Å². The Kier molecular flexibility index (Phi) is 2.47. The van der Waals surface area contributed by atoms with Gasteiger partial charge in [-0.05, 0) is 47.7 Å². The molecule has 0 spiro atoms. The van der Waals surface area contributed by atoms with Crippen molar-refractivity contribution < 1.29 is 14.6 Å². The third-order valence-corrected chi connectivity index (χ3v) is 5.13. The second kappa shape index (κ2) is 4.40. The number of fused-ring (bicyclic) bond motifs is 5. The number of hydrogen-bond donors (Lipinski definition) is 1. The molecule has 2 aromatic rings. The van der Waals surface area contributed by atoms with Crippen LogP contribution in [-0.2, 0) is 19.4 Å². The van der Waals surface area contributed by atoms with Gasteiger partial charge < -0.3 is 14.6 Å². The van der Waals surface area contributed by atoms with Gasteiger partial charge in [0.1, 0.15) is 5.75 Å². The average molecular weight is 295 g/mol. The fourth-order valence-electron chi connectivity index (χ4n) is 3.98. The molecule has 0 bridgehead atoms. The average Bonchev–Trinajstić information content (AvgIpc) is 2.99. The summed E-state index contributed by atoms with van der Waals surface area (Å²) in [6.07, 6.45) is 1.96. The third kappa shape index (κ3) is 1.67. The SMILES string of the molecule is Oc1cccc2c1CN1CCc3cc4c(cc3C1C2)OCO4. The van der Waals surface area contributed by atoms with Gasteiger partial charge in [-0.25, -0.2) is 0 Å². The lowest BCUT2D eigenvalue weighted by atomic mass is 9.83. The fourth-order valence-corrected chi connectivity index (χ4v) is 3.98. The molecule has 0 aromatic heterocycles. The molecule has 112 valence electrons. The molecule has 4 heteroatoms. The largest absolute Gasteiger partial charge is 0.508 e. The Hall–Kier alpha value is -2.20. The summed E-state index contributed by atoms with van der Waals surface area (Å²) in [5.74, 6) is 2.16. The highest BCUT2D eigenvalue weighted by molar-refractivity contribution is 5.52. The zero-order chi connectivity index (χ0) is 14.7. The molecule has 4 nitrogen and oxygen atoms in total. The van der Waals surface area contributed by atoms with Crippen LogP contribution in [0.1, 0.15) is 28.3 Å². The minimum absolute atomic E-state index is 0.323. The number of phenolic OH excluding ortho intramolecular Hbond substituents is 1. The van der Waals surface area contributed by atoms with E-state index in [0.29, 0.717) is 18.6 Å². The van der Waals surface area contributed by atoms with Crippen LogP contribution in [0, 0.1) is 0 Å². The molecule has 0 saturated heterocycles. The molecule has 0 radical (unpaired) electrons. The van der Waals surface area contributed by atoms with Gasteiger partial charge >= 0.3 is 0 Å². The van der Waals surface area contributed by atoms with Crippen LogP contribution < -0.4 is 9.47 Å². The molecule has 0 fully saturated rings. The lowest BCUT2D eigenvalue weighted by Crippen LogP contribution is -2.39. The monoisotopic (exact) mass is 295 g/mol. The predicted octanol–water partition coefficient (Wildman–Crippen LogP) is 2.78. The summed E-state index contributed by atoms with van der Waals surface area (Å²) in [6.45, 7) is 2.16. The quantitative estimate of drug-likeness (QED) is 0.811. The van der Waals surface area contributed by atoms with E-state index in [1.807, 2.05) is 6.07 Å². The maximum Gasteiger partial charge on any atom is 0.231 e. The van der Waals surface area contributed by atoms with Gasteiger partial charge in [-0.1, -0.05) is 12.1 Å². The molecule has 0 aliphatic carbocycles. The molecule has 3 heterocycles. The van der Waals surface area contributed by atoms with Gasteiger partial charge in [0.05, 0.1) is 0 Å². The molecule has 0 saturated carbocycles. The van der Waals surface area contributed by atoms with E-state index in [0.717, 1.165) is 43.0 Å². The van der Waals surface area contributed by atoms with Gasteiger partial charge in [0.25, 0.3) is 0 Å². The van der Waals surface area contributed by atoms with E-state index < -0.39 is 0 Å². The number of phenols is 1. The number of ether oxygens (including phenoxy) is 2. The molecule has 5 rings (SSSR count). The molecule has 22 heavy (non-hydrogen) atoms. The molecular formula is C18H17NO3. The van der Waals surface area contributed by atoms with Crippen molar-refractivity contribution in [2.24, 2.45) is 0 Å². The number of hydrogen-bond acceptors (Lipinski definition) is 4. The zero-order valence-electron chi connectivity index (χ0n) is 12.2. The Balaban J connectivity index is 1.60. The van der Waals surface area contributed by atoms with Crippen molar-refractivity contribution in [2.75, 3.05) is 13.3 Å². The van der Waals surface area contributed by atoms with Crippen LogP contribution in [0.4, 0.5) is 0 Å². The Morgan fingerprint density at radius 2 is 1.95 bits per heavy atom. The summed E-state index contributed by atoms with van der Waals surface area (Å²) in [6, 6.07) is 10.5. The standard InChI is InChI=1S/C18H17NO3/c20-16-3-1-2-11-6-15-13-8-18-17(21-10-22-18)7-12(13)4-5-19(15)9-14(11)16/h1-3,7-8,15,20H,4-6,9-10H2. The first-order valence-electron chi connectivity index (χ1n) is 7.76. The van der Waals surface area contributed by atoms with Crippen molar-refractivity contribution in [3.63, 3.8) is 0 Å². The Labute approximate surface area is 128 Å². The first-order chi connectivity index (χ1) is 10.8. The smallest absolute Gasteiger partial charge is 0.231 e. The Morgan fingerprint density at radius 3 is 2.86 bits per heavy atom. The lowest BCUT2D eigenvalue weighted by molar-refractivity contribution is 0.158. The second-order valence-corrected chi connectivity index (χ2v) is 6.26. The van der Waals surface area contributed by atoms with Crippen molar-refractivity contribution in [1.82, 2.24) is 4.90 Å². The third-order valence-electron chi connectivity index (χ3n) is 5.13. The summed E-state index contributed by atoms with van der Waals surface area (Å²) in [7, 11) is 0. The maximum atomic E-state index is 10.1. The van der Waals surface area contributed by atoms with Crippen molar-refractivity contribution in [3.8, 4) is 17.2 Å². The van der Waals surface area contributed by atoms with Gasteiger partial charge in [-0.3, -0.25) is 4.90 Å². The van der Waals surface area contributed by atoms with E-state index in [1.165, 1.54) is 16.7 Å². The van der Waals surface area contributed by atoms with Crippen molar-refractivity contribution in [2.45, 2.75) is 25.4 Å². The van der Waals surface area contributed by atoms with Gasteiger partial charge in [0.2, 0.25) is 6.79 Å². The van der Waals surface area contributed by atoms with Crippen LogP contribution in [-0.4, -0.2) is 23.3 Å². The van der Waals surface area contributed by atoms with Crippen molar-refractivity contribution in [3.05, 3.63) is 52.6 Å². The Morgan fingerprint density at radius 1 is 1.09 bits per heavy atom. The highest BCUT2D eigenvalue weighted by atomic mass is 16.7. The summed E-state index contributed by atoms with van der Waals surface area (Å²) < 4.78 is 11.1. The highest BCUT2D eigenvalue weighted by Crippen LogP contribution is 2.44. The first kappa shape index (κ1) is 12.4. The molecule has 0 amide bonds.